The van der Waals surface area contributed by atoms with E-state index in [0.29, 0.717) is 11.5 Å². The van der Waals surface area contributed by atoms with Crippen molar-refractivity contribution in [1.82, 2.24) is 0 Å². The molecule has 0 aliphatic carbocycles. The van der Waals surface area contributed by atoms with Gasteiger partial charge >= 0.3 is 0 Å². The molecular weight excluding hydrogens is 175 g/mol. The molecule has 0 bridgehead atoms. The van der Waals surface area contributed by atoms with E-state index in [1.807, 2.05) is 20.8 Å². The van der Waals surface area contributed by atoms with Crippen molar-refractivity contribution in [3.8, 4) is 0 Å². The lowest BCUT2D eigenvalue weighted by Crippen LogP contribution is -2.02. The Hall–Kier alpha value is -0.300. The summed E-state index contributed by atoms with van der Waals surface area (Å²) in [6, 6.07) is 0. The van der Waals surface area contributed by atoms with E-state index in [0.717, 1.165) is 11.1 Å². The Kier molecular flexibility index (Phi) is 5.23. The fourth-order valence-electron chi connectivity index (χ4n) is 0.774. The van der Waals surface area contributed by atoms with Gasteiger partial charge in [0.05, 0.1) is 5.03 Å². The van der Waals surface area contributed by atoms with Gasteiger partial charge in [0.15, 0.2) is 0 Å². The third-order valence-corrected chi connectivity index (χ3v) is 2.28. The van der Waals surface area contributed by atoms with Crippen molar-refractivity contribution in [3.63, 3.8) is 0 Å². The lowest BCUT2D eigenvalue weighted by Gasteiger charge is -2.08. The number of halogens is 2. The van der Waals surface area contributed by atoms with E-state index in [1.165, 1.54) is 0 Å². The summed E-state index contributed by atoms with van der Waals surface area (Å²) in [6.45, 7) is 7.24. The van der Waals surface area contributed by atoms with Gasteiger partial charge in [-0.1, -0.05) is 22.7 Å². The number of rotatable bonds is 3. The molecular formula is C10H15ClF. The minimum Gasteiger partial charge on any atom is -0.241 e. The molecule has 2 heteroatoms. The molecule has 69 valence electrons. The number of allylic oxidation sites excluding steroid dienone is 4. The first kappa shape index (κ1) is 11.7. The van der Waals surface area contributed by atoms with Crippen molar-refractivity contribution < 1.29 is 4.39 Å². The fraction of sp³-hybridized carbons (Fsp3) is 0.600. The maximum Gasteiger partial charge on any atom is 0.139 e. The van der Waals surface area contributed by atoms with Gasteiger partial charge in [0, 0.05) is 6.42 Å². The van der Waals surface area contributed by atoms with Gasteiger partial charge < -0.3 is 0 Å². The summed E-state index contributed by atoms with van der Waals surface area (Å²) in [5, 5.41) is 0.324. The SMILES string of the molecule is C/[C]=C(\C)CC(F)C(Cl)=C(C)C. The van der Waals surface area contributed by atoms with Crippen LogP contribution in [0.3, 0.4) is 0 Å². The first-order valence-electron chi connectivity index (χ1n) is 3.96. The van der Waals surface area contributed by atoms with E-state index in [9.17, 15) is 4.39 Å². The van der Waals surface area contributed by atoms with Crippen LogP contribution in [-0.2, 0) is 0 Å². The predicted molar refractivity (Wildman–Crippen MR) is 51.8 cm³/mol. The lowest BCUT2D eigenvalue weighted by molar-refractivity contribution is 0.389. The quantitative estimate of drug-likeness (QED) is 0.629. The zero-order valence-corrected chi connectivity index (χ0v) is 8.80. The zero-order chi connectivity index (χ0) is 9.72. The van der Waals surface area contributed by atoms with Crippen LogP contribution >= 0.6 is 11.6 Å². The summed E-state index contributed by atoms with van der Waals surface area (Å²) in [6.07, 6.45) is 2.17. The van der Waals surface area contributed by atoms with Gasteiger partial charge in [0.2, 0.25) is 0 Å². The lowest BCUT2D eigenvalue weighted by atomic mass is 10.1. The Morgan fingerprint density at radius 1 is 1.42 bits per heavy atom. The van der Waals surface area contributed by atoms with Crippen LogP contribution in [0.5, 0.6) is 0 Å². The van der Waals surface area contributed by atoms with Crippen LogP contribution in [-0.4, -0.2) is 6.17 Å². The molecule has 12 heavy (non-hydrogen) atoms. The van der Waals surface area contributed by atoms with Gasteiger partial charge in [0.1, 0.15) is 6.17 Å². The zero-order valence-electron chi connectivity index (χ0n) is 8.04. The summed E-state index contributed by atoms with van der Waals surface area (Å²) < 4.78 is 13.2. The van der Waals surface area contributed by atoms with Gasteiger partial charge in [-0.2, -0.15) is 0 Å². The summed E-state index contributed by atoms with van der Waals surface area (Å²) in [4.78, 5) is 0. The van der Waals surface area contributed by atoms with Crippen LogP contribution in [0, 0.1) is 6.08 Å². The van der Waals surface area contributed by atoms with Crippen molar-refractivity contribution in [2.24, 2.45) is 0 Å². The van der Waals surface area contributed by atoms with Gasteiger partial charge in [-0.3, -0.25) is 0 Å². The monoisotopic (exact) mass is 189 g/mol. The Morgan fingerprint density at radius 3 is 2.25 bits per heavy atom. The molecule has 1 atom stereocenters. The molecule has 0 aliphatic rings. The van der Waals surface area contributed by atoms with Crippen LogP contribution in [0.4, 0.5) is 4.39 Å². The highest BCUT2D eigenvalue weighted by molar-refractivity contribution is 6.30. The van der Waals surface area contributed by atoms with Crippen molar-refractivity contribution in [2.45, 2.75) is 40.3 Å². The molecule has 0 aromatic carbocycles. The van der Waals surface area contributed by atoms with Crippen LogP contribution in [0.15, 0.2) is 16.2 Å². The van der Waals surface area contributed by atoms with Gasteiger partial charge in [0.25, 0.3) is 0 Å². The Bertz CT molecular complexity index is 200. The molecule has 0 rings (SSSR count). The molecule has 0 nitrogen and oxygen atoms in total. The fourth-order valence-corrected chi connectivity index (χ4v) is 0.851. The largest absolute Gasteiger partial charge is 0.241 e. The van der Waals surface area contributed by atoms with Gasteiger partial charge in [-0.05, 0) is 33.8 Å². The predicted octanol–water partition coefficient (Wildman–Crippen LogP) is 4.02. The van der Waals surface area contributed by atoms with E-state index in [4.69, 9.17) is 11.6 Å². The molecule has 0 N–H and O–H groups in total. The number of hydrogen-bond donors (Lipinski definition) is 0. The van der Waals surface area contributed by atoms with E-state index < -0.39 is 6.17 Å². The van der Waals surface area contributed by atoms with E-state index in [1.54, 1.807) is 6.92 Å². The smallest absolute Gasteiger partial charge is 0.139 e. The van der Waals surface area contributed by atoms with Crippen LogP contribution < -0.4 is 0 Å². The highest BCUT2D eigenvalue weighted by Gasteiger charge is 2.12. The molecule has 0 aromatic rings. The standard InChI is InChI=1S/C10H15ClF/c1-5-8(4)6-9(12)10(11)7(2)3/h9H,6H2,1-4H3. The van der Waals surface area contributed by atoms with Gasteiger partial charge in [-0.15, -0.1) is 0 Å². The summed E-state index contributed by atoms with van der Waals surface area (Å²) in [7, 11) is 0. The van der Waals surface area contributed by atoms with Crippen LogP contribution in [0.25, 0.3) is 0 Å². The molecule has 0 saturated carbocycles. The second-order valence-electron chi connectivity index (χ2n) is 3.05. The minimum absolute atomic E-state index is 0.324. The molecule has 0 aromatic heterocycles. The average Bonchev–Trinajstić information content (AvgIpc) is 2.02. The summed E-state index contributed by atoms with van der Waals surface area (Å²) in [5.74, 6) is 0. The van der Waals surface area contributed by atoms with Crippen molar-refractivity contribution in [3.05, 3.63) is 22.3 Å². The van der Waals surface area contributed by atoms with Crippen molar-refractivity contribution in [1.29, 1.82) is 0 Å². The summed E-state index contributed by atoms with van der Waals surface area (Å²) >= 11 is 5.73. The third-order valence-electron chi connectivity index (χ3n) is 1.66. The average molecular weight is 190 g/mol. The second-order valence-corrected chi connectivity index (χ2v) is 3.46. The highest BCUT2D eigenvalue weighted by Crippen LogP contribution is 2.22. The van der Waals surface area contributed by atoms with E-state index in [2.05, 4.69) is 6.08 Å². The number of hydrogen-bond acceptors (Lipinski definition) is 0. The third kappa shape index (κ3) is 3.91. The maximum absolute atomic E-state index is 13.2. The Morgan fingerprint density at radius 2 is 1.92 bits per heavy atom. The second kappa shape index (κ2) is 5.36. The molecule has 0 fully saturated rings. The highest BCUT2D eigenvalue weighted by atomic mass is 35.5. The Labute approximate surface area is 79.1 Å². The van der Waals surface area contributed by atoms with Gasteiger partial charge in [-0.25, -0.2) is 4.39 Å². The molecule has 0 amide bonds. The normalized spacial score (nSPS) is 14.3. The molecule has 0 spiro atoms. The first-order chi connectivity index (χ1) is 5.49. The number of alkyl halides is 1. The molecule has 1 unspecified atom stereocenters. The topological polar surface area (TPSA) is 0 Å². The van der Waals surface area contributed by atoms with E-state index in [-0.39, 0.29) is 0 Å². The maximum atomic E-state index is 13.2. The molecule has 0 heterocycles. The van der Waals surface area contributed by atoms with Crippen molar-refractivity contribution in [2.75, 3.05) is 0 Å². The van der Waals surface area contributed by atoms with Crippen LogP contribution in [0.2, 0.25) is 0 Å². The minimum atomic E-state index is -1.07. The first-order valence-corrected chi connectivity index (χ1v) is 4.34. The molecule has 0 aliphatic heterocycles. The Balaban J connectivity index is 4.24. The van der Waals surface area contributed by atoms with Crippen LogP contribution in [0.1, 0.15) is 34.1 Å². The van der Waals surface area contributed by atoms with Crippen molar-refractivity contribution >= 4 is 11.6 Å². The molecule has 1 radical (unpaired) electrons. The van der Waals surface area contributed by atoms with E-state index >= 15 is 0 Å². The molecule has 0 saturated heterocycles. The summed E-state index contributed by atoms with van der Waals surface area (Å²) in [5.41, 5.74) is 1.75.